The van der Waals surface area contributed by atoms with E-state index in [4.69, 9.17) is 4.74 Å². The average Bonchev–Trinajstić information content (AvgIpc) is 3.01. The molecule has 4 nitrogen and oxygen atoms in total. The monoisotopic (exact) mass is 331 g/mol. The van der Waals surface area contributed by atoms with E-state index >= 15 is 0 Å². The topological polar surface area (TPSA) is 37.4 Å². The maximum Gasteiger partial charge on any atom is 0.0795 e. The molecule has 5 heteroatoms. The number of morpholine rings is 1. The zero-order valence-corrected chi connectivity index (χ0v) is 14.7. The fourth-order valence-electron chi connectivity index (χ4n) is 3.19. The molecule has 1 N–H and O–H groups in total. The Balaban J connectivity index is 1.58. The number of nitrogens with zero attached hydrogens (tertiary/aromatic N) is 2. The highest BCUT2D eigenvalue weighted by Gasteiger charge is 2.22. The summed E-state index contributed by atoms with van der Waals surface area (Å²) in [6.45, 7) is 9.02. The highest BCUT2D eigenvalue weighted by molar-refractivity contribution is 7.07. The van der Waals surface area contributed by atoms with Crippen molar-refractivity contribution in [2.75, 3.05) is 13.1 Å². The third-order valence-corrected chi connectivity index (χ3v) is 4.75. The van der Waals surface area contributed by atoms with E-state index in [2.05, 4.69) is 58.7 Å². The molecular formula is C18H25N3OS. The van der Waals surface area contributed by atoms with E-state index in [9.17, 15) is 0 Å². The number of aromatic nitrogens is 1. The molecule has 1 fully saturated rings. The molecule has 0 saturated carbocycles. The first-order chi connectivity index (χ1) is 11.2. The molecule has 1 saturated heterocycles. The molecule has 1 aliphatic heterocycles. The van der Waals surface area contributed by atoms with Gasteiger partial charge in [-0.25, -0.2) is 4.98 Å². The lowest BCUT2D eigenvalue weighted by molar-refractivity contribution is -0.0705. The van der Waals surface area contributed by atoms with Crippen molar-refractivity contribution in [3.8, 4) is 0 Å². The van der Waals surface area contributed by atoms with Gasteiger partial charge in [0.1, 0.15) is 0 Å². The van der Waals surface area contributed by atoms with Crippen LogP contribution < -0.4 is 5.32 Å². The fourth-order valence-corrected chi connectivity index (χ4v) is 3.75. The maximum atomic E-state index is 5.83. The van der Waals surface area contributed by atoms with Crippen molar-refractivity contribution in [2.45, 2.75) is 45.7 Å². The van der Waals surface area contributed by atoms with Crippen LogP contribution in [0, 0.1) is 0 Å². The Morgan fingerprint density at radius 3 is 2.61 bits per heavy atom. The molecule has 1 aliphatic rings. The van der Waals surface area contributed by atoms with Crippen molar-refractivity contribution in [3.63, 3.8) is 0 Å². The number of thiazole rings is 1. The fraction of sp³-hybridized carbons (Fsp3) is 0.500. The standard InChI is InChI=1S/C18H25N3OS/c1-14-9-21(10-15(2)22-14)11-17-6-4-3-5-16(17)7-19-8-18-12-23-13-20-18/h3-6,12-15,19H,7-11H2,1-2H3. The lowest BCUT2D eigenvalue weighted by Gasteiger charge is -2.35. The van der Waals surface area contributed by atoms with Crippen molar-refractivity contribution < 1.29 is 4.74 Å². The number of ether oxygens (including phenoxy) is 1. The average molecular weight is 331 g/mol. The van der Waals surface area contributed by atoms with Crippen LogP contribution in [-0.2, 0) is 24.4 Å². The second-order valence-electron chi connectivity index (χ2n) is 6.30. The van der Waals surface area contributed by atoms with Gasteiger partial charge in [0.15, 0.2) is 0 Å². The van der Waals surface area contributed by atoms with Gasteiger partial charge in [-0.05, 0) is 25.0 Å². The van der Waals surface area contributed by atoms with Crippen LogP contribution in [0.15, 0.2) is 35.2 Å². The molecule has 0 radical (unpaired) electrons. The minimum Gasteiger partial charge on any atom is -0.373 e. The molecule has 2 aromatic rings. The quantitative estimate of drug-likeness (QED) is 0.883. The van der Waals surface area contributed by atoms with Crippen molar-refractivity contribution in [1.82, 2.24) is 15.2 Å². The van der Waals surface area contributed by atoms with Crippen molar-refractivity contribution in [3.05, 3.63) is 52.0 Å². The largest absolute Gasteiger partial charge is 0.373 e. The lowest BCUT2D eigenvalue weighted by Crippen LogP contribution is -2.45. The van der Waals surface area contributed by atoms with Crippen molar-refractivity contribution in [1.29, 1.82) is 0 Å². The summed E-state index contributed by atoms with van der Waals surface area (Å²) in [5.74, 6) is 0. The van der Waals surface area contributed by atoms with Crippen LogP contribution in [-0.4, -0.2) is 35.2 Å². The number of benzene rings is 1. The molecule has 0 bridgehead atoms. The first-order valence-corrected chi connectivity index (χ1v) is 9.17. The Morgan fingerprint density at radius 2 is 1.91 bits per heavy atom. The Morgan fingerprint density at radius 1 is 1.17 bits per heavy atom. The highest BCUT2D eigenvalue weighted by atomic mass is 32.1. The van der Waals surface area contributed by atoms with Crippen molar-refractivity contribution >= 4 is 11.3 Å². The van der Waals surface area contributed by atoms with Gasteiger partial charge in [0.25, 0.3) is 0 Å². The molecule has 0 aliphatic carbocycles. The molecule has 1 aromatic carbocycles. The van der Waals surface area contributed by atoms with Gasteiger partial charge in [0.05, 0.1) is 23.4 Å². The maximum absolute atomic E-state index is 5.83. The molecule has 3 rings (SSSR count). The van der Waals surface area contributed by atoms with Crippen LogP contribution in [0.1, 0.15) is 30.7 Å². The van der Waals surface area contributed by atoms with E-state index in [-0.39, 0.29) is 0 Å². The van der Waals surface area contributed by atoms with Gasteiger partial charge < -0.3 is 10.1 Å². The molecule has 2 unspecified atom stereocenters. The summed E-state index contributed by atoms with van der Waals surface area (Å²) in [4.78, 5) is 6.81. The summed E-state index contributed by atoms with van der Waals surface area (Å²) in [5, 5.41) is 5.59. The van der Waals surface area contributed by atoms with Gasteiger partial charge >= 0.3 is 0 Å². The zero-order valence-electron chi connectivity index (χ0n) is 13.9. The van der Waals surface area contributed by atoms with Crippen LogP contribution in [0.3, 0.4) is 0 Å². The molecular weight excluding hydrogens is 306 g/mol. The number of nitrogens with one attached hydrogen (secondary N) is 1. The van der Waals surface area contributed by atoms with Gasteiger partial charge in [0, 0.05) is 38.1 Å². The third kappa shape index (κ3) is 4.85. The Hall–Kier alpha value is -1.27. The Bertz CT molecular complexity index is 592. The molecule has 1 aromatic heterocycles. The minimum absolute atomic E-state index is 0.314. The molecule has 2 atom stereocenters. The number of hydrogen-bond donors (Lipinski definition) is 1. The Labute approximate surface area is 142 Å². The van der Waals surface area contributed by atoms with E-state index in [1.54, 1.807) is 11.3 Å². The molecule has 2 heterocycles. The summed E-state index contributed by atoms with van der Waals surface area (Å²) in [6, 6.07) is 8.71. The zero-order chi connectivity index (χ0) is 16.1. The van der Waals surface area contributed by atoms with Gasteiger partial charge in [-0.1, -0.05) is 24.3 Å². The van der Waals surface area contributed by atoms with E-state index in [0.29, 0.717) is 12.2 Å². The van der Waals surface area contributed by atoms with Crippen LogP contribution in [0.2, 0.25) is 0 Å². The first kappa shape index (κ1) is 16.6. The summed E-state index contributed by atoms with van der Waals surface area (Å²) >= 11 is 1.64. The summed E-state index contributed by atoms with van der Waals surface area (Å²) in [6.07, 6.45) is 0.627. The molecule has 124 valence electrons. The van der Waals surface area contributed by atoms with Gasteiger partial charge in [-0.2, -0.15) is 0 Å². The second-order valence-corrected chi connectivity index (χ2v) is 7.02. The highest BCUT2D eigenvalue weighted by Crippen LogP contribution is 2.17. The van der Waals surface area contributed by atoms with Gasteiger partial charge in [0.2, 0.25) is 0 Å². The summed E-state index contributed by atoms with van der Waals surface area (Å²) < 4.78 is 5.83. The van der Waals surface area contributed by atoms with Crippen LogP contribution in [0.25, 0.3) is 0 Å². The summed E-state index contributed by atoms with van der Waals surface area (Å²) in [7, 11) is 0. The normalized spacial score (nSPS) is 22.3. The van der Waals surface area contributed by atoms with Crippen LogP contribution >= 0.6 is 11.3 Å². The second kappa shape index (κ2) is 8.02. The number of rotatable bonds is 6. The summed E-state index contributed by atoms with van der Waals surface area (Å²) in [5.41, 5.74) is 5.77. The smallest absolute Gasteiger partial charge is 0.0795 e. The Kier molecular flexibility index (Phi) is 5.78. The SMILES string of the molecule is CC1CN(Cc2ccccc2CNCc2cscn2)CC(C)O1. The van der Waals surface area contributed by atoms with Gasteiger partial charge in [-0.15, -0.1) is 11.3 Å². The predicted octanol–water partition coefficient (Wildman–Crippen LogP) is 3.04. The van der Waals surface area contributed by atoms with E-state index < -0.39 is 0 Å². The molecule has 0 spiro atoms. The van der Waals surface area contributed by atoms with E-state index in [1.807, 2.05) is 5.51 Å². The number of hydrogen-bond acceptors (Lipinski definition) is 5. The predicted molar refractivity (Wildman–Crippen MR) is 94.4 cm³/mol. The van der Waals surface area contributed by atoms with E-state index in [0.717, 1.165) is 38.4 Å². The molecule has 0 amide bonds. The van der Waals surface area contributed by atoms with Crippen LogP contribution in [0.5, 0.6) is 0 Å². The third-order valence-electron chi connectivity index (χ3n) is 4.11. The van der Waals surface area contributed by atoms with Gasteiger partial charge in [-0.3, -0.25) is 4.90 Å². The minimum atomic E-state index is 0.314. The lowest BCUT2D eigenvalue weighted by atomic mass is 10.1. The van der Waals surface area contributed by atoms with Crippen molar-refractivity contribution in [2.24, 2.45) is 0 Å². The molecule has 23 heavy (non-hydrogen) atoms. The van der Waals surface area contributed by atoms with Crippen LogP contribution in [0.4, 0.5) is 0 Å². The van der Waals surface area contributed by atoms with E-state index in [1.165, 1.54) is 11.1 Å². The first-order valence-electron chi connectivity index (χ1n) is 8.23.